The molecule has 2 aromatic rings. The quantitative estimate of drug-likeness (QED) is 0.823. The lowest BCUT2D eigenvalue weighted by molar-refractivity contribution is -0.132. The third kappa shape index (κ3) is 4.32. The Balaban J connectivity index is 1.47. The number of nitrogens with zero attached hydrogens (tertiary/aromatic N) is 3. The minimum absolute atomic E-state index is 0.0855. The zero-order valence-corrected chi connectivity index (χ0v) is 15.4. The molecule has 1 aliphatic heterocycles. The summed E-state index contributed by atoms with van der Waals surface area (Å²) in [5.41, 5.74) is 2.36. The maximum absolute atomic E-state index is 12.5. The van der Waals surface area contributed by atoms with E-state index in [9.17, 15) is 9.59 Å². The van der Waals surface area contributed by atoms with E-state index in [1.807, 2.05) is 19.2 Å². The first-order valence-corrected chi connectivity index (χ1v) is 8.88. The van der Waals surface area contributed by atoms with Gasteiger partial charge in [0, 0.05) is 39.8 Å². The van der Waals surface area contributed by atoms with Gasteiger partial charge >= 0.3 is 0 Å². The lowest BCUT2D eigenvalue weighted by Gasteiger charge is -2.34. The highest BCUT2D eigenvalue weighted by Crippen LogP contribution is 2.12. The summed E-state index contributed by atoms with van der Waals surface area (Å²) in [7, 11) is 1.84. The van der Waals surface area contributed by atoms with Crippen LogP contribution in [0.25, 0.3) is 0 Å². The number of benzene rings is 1. The first-order valence-electron chi connectivity index (χ1n) is 8.88. The molecule has 0 unspecified atom stereocenters. The summed E-state index contributed by atoms with van der Waals surface area (Å²) >= 11 is 0. The normalized spacial score (nSPS) is 15.1. The number of aryl methyl sites for hydroxylation is 1. The Labute approximate surface area is 154 Å². The Morgan fingerprint density at radius 3 is 2.46 bits per heavy atom. The van der Waals surface area contributed by atoms with Crippen LogP contribution >= 0.6 is 0 Å². The highest BCUT2D eigenvalue weighted by molar-refractivity contribution is 5.91. The summed E-state index contributed by atoms with van der Waals surface area (Å²) < 4.78 is 5.17. The maximum atomic E-state index is 12.5. The molecule has 26 heavy (non-hydrogen) atoms. The molecule has 138 valence electrons. The van der Waals surface area contributed by atoms with Gasteiger partial charge in [-0.2, -0.15) is 0 Å². The summed E-state index contributed by atoms with van der Waals surface area (Å²) in [5.74, 6) is 0.379. The Morgan fingerprint density at radius 1 is 1.08 bits per heavy atom. The largest absolute Gasteiger partial charge is 0.459 e. The molecule has 1 aromatic heterocycles. The fraction of sp³-hybridized carbons (Fsp3) is 0.400. The van der Waals surface area contributed by atoms with E-state index in [0.29, 0.717) is 45.0 Å². The van der Waals surface area contributed by atoms with E-state index in [-0.39, 0.29) is 11.8 Å². The molecule has 0 N–H and O–H groups in total. The molecule has 0 spiro atoms. The summed E-state index contributed by atoms with van der Waals surface area (Å²) in [6.45, 7) is 5.64. The van der Waals surface area contributed by atoms with Crippen molar-refractivity contribution in [3.63, 3.8) is 0 Å². The number of rotatable bonds is 5. The van der Waals surface area contributed by atoms with Crippen molar-refractivity contribution in [2.75, 3.05) is 39.8 Å². The van der Waals surface area contributed by atoms with Crippen LogP contribution in [-0.4, -0.2) is 66.3 Å². The van der Waals surface area contributed by atoms with Crippen LogP contribution in [0, 0.1) is 6.92 Å². The van der Waals surface area contributed by atoms with Gasteiger partial charge in [-0.1, -0.05) is 24.3 Å². The lowest BCUT2D eigenvalue weighted by Crippen LogP contribution is -2.51. The smallest absolute Gasteiger partial charge is 0.289 e. The molecule has 6 nitrogen and oxygen atoms in total. The van der Waals surface area contributed by atoms with Gasteiger partial charge in [0.05, 0.1) is 12.8 Å². The maximum Gasteiger partial charge on any atom is 0.289 e. The number of furan rings is 1. The van der Waals surface area contributed by atoms with Crippen molar-refractivity contribution in [3.8, 4) is 0 Å². The SMILES string of the molecule is Cc1ccccc1CN(C)C(=O)CN1CCN(C(=O)c2ccco2)CC1. The Morgan fingerprint density at radius 2 is 1.81 bits per heavy atom. The van der Waals surface area contributed by atoms with E-state index in [1.165, 1.54) is 11.8 Å². The van der Waals surface area contributed by atoms with Gasteiger partial charge in [0.15, 0.2) is 5.76 Å². The summed E-state index contributed by atoms with van der Waals surface area (Å²) in [5, 5.41) is 0. The minimum Gasteiger partial charge on any atom is -0.459 e. The van der Waals surface area contributed by atoms with Crippen LogP contribution in [0.2, 0.25) is 0 Å². The molecule has 0 atom stereocenters. The number of piperazine rings is 1. The van der Waals surface area contributed by atoms with Crippen molar-refractivity contribution in [3.05, 3.63) is 59.5 Å². The number of carbonyl (C=O) groups is 2. The second kappa shape index (κ2) is 8.19. The number of amides is 2. The summed E-state index contributed by atoms with van der Waals surface area (Å²) in [6, 6.07) is 11.5. The van der Waals surface area contributed by atoms with Gasteiger partial charge in [-0.25, -0.2) is 0 Å². The molecule has 0 radical (unpaired) electrons. The first-order chi connectivity index (χ1) is 12.5. The van der Waals surface area contributed by atoms with Gasteiger partial charge in [-0.3, -0.25) is 14.5 Å². The Kier molecular flexibility index (Phi) is 5.73. The zero-order valence-electron chi connectivity index (χ0n) is 15.4. The van der Waals surface area contributed by atoms with Crippen LogP contribution in [0.4, 0.5) is 0 Å². The van der Waals surface area contributed by atoms with Gasteiger partial charge in [0.1, 0.15) is 0 Å². The summed E-state index contributed by atoms with van der Waals surface area (Å²) in [4.78, 5) is 30.4. The molecular weight excluding hydrogens is 330 g/mol. The van der Waals surface area contributed by atoms with E-state index in [0.717, 1.165) is 5.56 Å². The highest BCUT2D eigenvalue weighted by Gasteiger charge is 2.25. The second-order valence-electron chi connectivity index (χ2n) is 6.72. The van der Waals surface area contributed by atoms with Crippen molar-refractivity contribution >= 4 is 11.8 Å². The van der Waals surface area contributed by atoms with Crippen LogP contribution in [0.3, 0.4) is 0 Å². The van der Waals surface area contributed by atoms with E-state index in [1.54, 1.807) is 21.9 Å². The predicted molar refractivity (Wildman–Crippen MR) is 98.7 cm³/mol. The standard InChI is InChI=1S/C20H25N3O3/c1-16-6-3-4-7-17(16)14-21(2)19(24)15-22-9-11-23(12-10-22)20(25)18-8-5-13-26-18/h3-8,13H,9-12,14-15H2,1-2H3. The molecular formula is C20H25N3O3. The van der Waals surface area contributed by atoms with Crippen LogP contribution < -0.4 is 0 Å². The van der Waals surface area contributed by atoms with Gasteiger partial charge in [0.25, 0.3) is 5.91 Å². The van der Waals surface area contributed by atoms with Crippen molar-refractivity contribution in [1.82, 2.24) is 14.7 Å². The number of likely N-dealkylation sites (N-methyl/N-ethyl adjacent to an activating group) is 1. The third-order valence-electron chi connectivity index (χ3n) is 4.84. The van der Waals surface area contributed by atoms with E-state index < -0.39 is 0 Å². The van der Waals surface area contributed by atoms with Crippen LogP contribution in [-0.2, 0) is 11.3 Å². The van der Waals surface area contributed by atoms with Gasteiger partial charge in [-0.15, -0.1) is 0 Å². The fourth-order valence-corrected chi connectivity index (χ4v) is 3.11. The predicted octanol–water partition coefficient (Wildman–Crippen LogP) is 2.00. The highest BCUT2D eigenvalue weighted by atomic mass is 16.3. The number of carbonyl (C=O) groups excluding carboxylic acids is 2. The first kappa shape index (κ1) is 18.2. The topological polar surface area (TPSA) is 57.0 Å². The molecule has 1 aliphatic rings. The lowest BCUT2D eigenvalue weighted by atomic mass is 10.1. The van der Waals surface area contributed by atoms with E-state index in [2.05, 4.69) is 24.0 Å². The number of hydrogen-bond acceptors (Lipinski definition) is 4. The van der Waals surface area contributed by atoms with Crippen LogP contribution in [0.15, 0.2) is 47.1 Å². The van der Waals surface area contributed by atoms with Gasteiger partial charge < -0.3 is 14.2 Å². The molecule has 0 aliphatic carbocycles. The zero-order chi connectivity index (χ0) is 18.5. The molecule has 1 aromatic carbocycles. The third-order valence-corrected chi connectivity index (χ3v) is 4.84. The molecule has 0 bridgehead atoms. The van der Waals surface area contributed by atoms with Crippen molar-refractivity contribution in [2.45, 2.75) is 13.5 Å². The van der Waals surface area contributed by atoms with E-state index >= 15 is 0 Å². The average molecular weight is 355 g/mol. The Bertz CT molecular complexity index is 749. The van der Waals surface area contributed by atoms with Crippen molar-refractivity contribution in [1.29, 1.82) is 0 Å². The molecule has 1 fully saturated rings. The van der Waals surface area contributed by atoms with E-state index in [4.69, 9.17) is 4.42 Å². The van der Waals surface area contributed by atoms with Gasteiger partial charge in [0.2, 0.25) is 5.91 Å². The molecule has 1 saturated heterocycles. The Hall–Kier alpha value is -2.60. The molecule has 2 amide bonds. The number of hydrogen-bond donors (Lipinski definition) is 0. The van der Waals surface area contributed by atoms with Crippen LogP contribution in [0.5, 0.6) is 0 Å². The van der Waals surface area contributed by atoms with Crippen molar-refractivity contribution in [2.24, 2.45) is 0 Å². The second-order valence-corrected chi connectivity index (χ2v) is 6.72. The van der Waals surface area contributed by atoms with Crippen LogP contribution in [0.1, 0.15) is 21.7 Å². The minimum atomic E-state index is -0.0855. The average Bonchev–Trinajstić information content (AvgIpc) is 3.18. The molecule has 6 heteroatoms. The van der Waals surface area contributed by atoms with Gasteiger partial charge in [-0.05, 0) is 30.2 Å². The van der Waals surface area contributed by atoms with Crippen molar-refractivity contribution < 1.29 is 14.0 Å². The fourth-order valence-electron chi connectivity index (χ4n) is 3.11. The monoisotopic (exact) mass is 355 g/mol. The summed E-state index contributed by atoms with van der Waals surface area (Å²) in [6.07, 6.45) is 1.51. The molecule has 0 saturated carbocycles. The molecule has 2 heterocycles. The molecule has 3 rings (SSSR count).